The van der Waals surface area contributed by atoms with Crippen LogP contribution in [0.4, 0.5) is 15.4 Å². The van der Waals surface area contributed by atoms with Crippen LogP contribution in [0.25, 0.3) is 34.3 Å². The summed E-state index contributed by atoms with van der Waals surface area (Å²) in [5.41, 5.74) is 3.00. The molecule has 1 fully saturated rings. The monoisotopic (exact) mass is 656 g/mol. The minimum absolute atomic E-state index is 0. The molecule has 7 N–H and O–H groups in total. The number of benzene rings is 1. The summed E-state index contributed by atoms with van der Waals surface area (Å²) < 4.78 is 5.80. The van der Waals surface area contributed by atoms with Gasteiger partial charge in [-0.05, 0) is 43.1 Å². The summed E-state index contributed by atoms with van der Waals surface area (Å²) in [6.45, 7) is 17.1. The van der Waals surface area contributed by atoms with Gasteiger partial charge in [0.05, 0.1) is 18.1 Å². The Hall–Kier alpha value is -5.15. The molecule has 1 aromatic carbocycles. The maximum atomic E-state index is 8.56. The van der Waals surface area contributed by atoms with Crippen LogP contribution in [0.3, 0.4) is 0 Å². The molecular weight excluding hydrogens is 608 g/mol. The van der Waals surface area contributed by atoms with Gasteiger partial charge in [-0.3, -0.25) is 4.98 Å². The largest absolute Gasteiger partial charge is 0.503 e. The molecular formula is C32H48N8O7. The summed E-state index contributed by atoms with van der Waals surface area (Å²) in [5, 5.41) is 36.2. The molecule has 0 bridgehead atoms. The van der Waals surface area contributed by atoms with E-state index < -0.39 is 12.3 Å². The molecule has 258 valence electrons. The smallest absolute Gasteiger partial charge is 0.450 e. The number of anilines is 1. The lowest BCUT2D eigenvalue weighted by molar-refractivity contribution is 0.135. The van der Waals surface area contributed by atoms with Crippen LogP contribution in [0.5, 0.6) is 0 Å². The van der Waals surface area contributed by atoms with Crippen molar-refractivity contribution in [3.63, 3.8) is 0 Å². The zero-order valence-electron chi connectivity index (χ0n) is 28.1. The first-order valence-electron chi connectivity index (χ1n) is 14.6. The van der Waals surface area contributed by atoms with Crippen molar-refractivity contribution in [2.45, 2.75) is 41.5 Å². The van der Waals surface area contributed by atoms with E-state index in [1.165, 1.54) is 0 Å². The Bertz CT molecular complexity index is 1400. The Morgan fingerprint density at radius 1 is 0.702 bits per heavy atom. The molecule has 0 radical (unpaired) electrons. The number of aromatic nitrogens is 5. The van der Waals surface area contributed by atoms with Crippen LogP contribution in [-0.2, 0) is 0 Å². The van der Waals surface area contributed by atoms with Crippen molar-refractivity contribution in [2.75, 3.05) is 38.1 Å². The Labute approximate surface area is 275 Å². The average Bonchev–Trinajstić information content (AvgIpc) is 3.48. The fourth-order valence-electron chi connectivity index (χ4n) is 3.39. The normalized spacial score (nSPS) is 12.0. The fraction of sp³-hybridized carbons (Fsp3) is 0.406. The molecule has 47 heavy (non-hydrogen) atoms. The fourth-order valence-corrected chi connectivity index (χ4v) is 3.39. The third-order valence-electron chi connectivity index (χ3n) is 5.17. The third kappa shape index (κ3) is 18.4. The van der Waals surface area contributed by atoms with Crippen molar-refractivity contribution in [2.24, 2.45) is 11.8 Å². The molecule has 1 aliphatic rings. The molecule has 5 rings (SSSR count). The molecule has 4 aromatic rings. The first kappa shape index (κ1) is 41.9. The van der Waals surface area contributed by atoms with Crippen molar-refractivity contribution in [1.82, 2.24) is 36.2 Å². The second-order valence-corrected chi connectivity index (χ2v) is 11.3. The van der Waals surface area contributed by atoms with E-state index in [2.05, 4.69) is 83.5 Å². The van der Waals surface area contributed by atoms with Gasteiger partial charge in [0, 0.05) is 43.5 Å². The van der Waals surface area contributed by atoms with Crippen LogP contribution < -0.4 is 11.1 Å². The maximum Gasteiger partial charge on any atom is 0.503 e. The van der Waals surface area contributed by atoms with E-state index in [1.807, 2.05) is 48.7 Å². The molecule has 0 saturated carbocycles. The van der Waals surface area contributed by atoms with Crippen LogP contribution in [0.2, 0.25) is 0 Å². The number of carboxylic acid groups (broad SMARTS) is 4. The summed E-state index contributed by atoms with van der Waals surface area (Å²) in [6.07, 6.45) is 1.51. The molecule has 0 amide bonds. The second-order valence-electron chi connectivity index (χ2n) is 11.3. The van der Waals surface area contributed by atoms with Crippen LogP contribution in [-0.4, -0.2) is 96.0 Å². The van der Waals surface area contributed by atoms with Crippen molar-refractivity contribution in [3.8, 4) is 34.3 Å². The van der Waals surface area contributed by atoms with Gasteiger partial charge in [-0.15, -0.1) is 10.2 Å². The Kier molecular flexibility index (Phi) is 19.9. The summed E-state index contributed by atoms with van der Waals surface area (Å²) in [7, 11) is 2.14. The topological polar surface area (TPSA) is 234 Å². The number of hydrogen-bond acceptors (Lipinski definition) is 11. The van der Waals surface area contributed by atoms with Crippen LogP contribution in [0.15, 0.2) is 65.5 Å². The maximum absolute atomic E-state index is 8.56. The highest BCUT2D eigenvalue weighted by molar-refractivity contribution is 5.62. The summed E-state index contributed by atoms with van der Waals surface area (Å²) >= 11 is 0. The van der Waals surface area contributed by atoms with E-state index in [0.717, 1.165) is 55.0 Å². The number of likely N-dealkylation sites (N-methyl/N-ethyl adjacent to an activating group) is 1. The number of piperazine rings is 1. The summed E-state index contributed by atoms with van der Waals surface area (Å²) in [5.74, 6) is 3.45. The summed E-state index contributed by atoms with van der Waals surface area (Å²) in [6, 6.07) is 13.7. The highest BCUT2D eigenvalue weighted by Crippen LogP contribution is 2.25. The molecule has 15 nitrogen and oxygen atoms in total. The van der Waals surface area contributed by atoms with Gasteiger partial charge in [-0.2, -0.15) is 0 Å². The van der Waals surface area contributed by atoms with E-state index in [-0.39, 0.29) is 6.15 Å². The van der Waals surface area contributed by atoms with Crippen molar-refractivity contribution in [3.05, 3.63) is 61.1 Å². The van der Waals surface area contributed by atoms with Gasteiger partial charge >= 0.3 is 12.3 Å². The van der Waals surface area contributed by atoms with E-state index in [4.69, 9.17) is 34.4 Å². The van der Waals surface area contributed by atoms with Gasteiger partial charge in [-0.1, -0.05) is 59.7 Å². The lowest BCUT2D eigenvalue weighted by Crippen LogP contribution is -2.44. The van der Waals surface area contributed by atoms with Crippen LogP contribution in [0.1, 0.15) is 41.5 Å². The number of pyridine rings is 1. The lowest BCUT2D eigenvalue weighted by atomic mass is 10.2. The van der Waals surface area contributed by atoms with Gasteiger partial charge in [0.2, 0.25) is 5.89 Å². The molecule has 1 saturated heterocycles. The van der Waals surface area contributed by atoms with Crippen molar-refractivity contribution in [1.29, 1.82) is 0 Å². The first-order chi connectivity index (χ1) is 21.7. The summed E-state index contributed by atoms with van der Waals surface area (Å²) in [4.78, 5) is 35.3. The Balaban J connectivity index is 0.00000105. The molecule has 0 aliphatic carbocycles. The minimum atomic E-state index is -1.83. The van der Waals surface area contributed by atoms with E-state index >= 15 is 0 Å². The zero-order chi connectivity index (χ0) is 34.6. The molecule has 0 unspecified atom stereocenters. The number of carbonyl (C=O) groups is 2. The van der Waals surface area contributed by atoms with E-state index in [1.54, 1.807) is 12.4 Å². The molecule has 0 atom stereocenters. The molecule has 0 spiro atoms. The van der Waals surface area contributed by atoms with Crippen molar-refractivity contribution >= 4 is 18.1 Å². The number of rotatable bonds is 4. The standard InChI is InChI=1S/C22H21N7O.2C4H10.2CH2O3.H3N/c1-28-9-11-29(12-10-28)20-8-7-17(13-24-20)18-14-23-15-19(25-18)22-27-26-21(30-22)16-5-3-2-4-6-16;2*1-4(2)3;2*2-1(3)4;/h2-8,13-15H,9-12H2,1H3;2*4H,1-3H3;2*(H2,2,3,4);1H3. The number of nitrogens with zero attached hydrogens (tertiary/aromatic N) is 7. The van der Waals surface area contributed by atoms with E-state index in [9.17, 15) is 0 Å². The zero-order valence-corrected chi connectivity index (χ0v) is 28.1. The Morgan fingerprint density at radius 3 is 1.68 bits per heavy atom. The molecule has 15 heteroatoms. The second kappa shape index (κ2) is 22.4. The highest BCUT2D eigenvalue weighted by atomic mass is 16.6. The average molecular weight is 657 g/mol. The van der Waals surface area contributed by atoms with Crippen molar-refractivity contribution < 1.29 is 34.4 Å². The number of hydrogen-bond donors (Lipinski definition) is 5. The lowest BCUT2D eigenvalue weighted by Gasteiger charge is -2.33. The van der Waals surface area contributed by atoms with Crippen LogP contribution in [0, 0.1) is 11.8 Å². The van der Waals surface area contributed by atoms with Gasteiger partial charge in [0.1, 0.15) is 11.5 Å². The molecule has 1 aliphatic heterocycles. The Morgan fingerprint density at radius 2 is 1.19 bits per heavy atom. The van der Waals surface area contributed by atoms with Gasteiger partial charge < -0.3 is 40.8 Å². The van der Waals surface area contributed by atoms with Crippen LogP contribution >= 0.6 is 0 Å². The SMILES string of the molecule is CC(C)C.CC(C)C.CN1CCN(c2ccc(-c3cncc(-c4nnc(-c5ccccc5)o4)n3)cn2)CC1.N.O=C(O)O.O=C(O)O. The first-order valence-corrected chi connectivity index (χ1v) is 14.6. The van der Waals surface area contributed by atoms with Gasteiger partial charge in [0.25, 0.3) is 5.89 Å². The van der Waals surface area contributed by atoms with Gasteiger partial charge in [-0.25, -0.2) is 19.6 Å². The quantitative estimate of drug-likeness (QED) is 0.150. The predicted molar refractivity (Wildman–Crippen MR) is 181 cm³/mol. The molecule has 3 aromatic heterocycles. The third-order valence-corrected chi connectivity index (χ3v) is 5.17. The predicted octanol–water partition coefficient (Wildman–Crippen LogP) is 6.94. The van der Waals surface area contributed by atoms with E-state index in [0.29, 0.717) is 23.2 Å². The minimum Gasteiger partial charge on any atom is -0.450 e. The molecule has 4 heterocycles. The highest BCUT2D eigenvalue weighted by Gasteiger charge is 2.16. The van der Waals surface area contributed by atoms with Gasteiger partial charge in [0.15, 0.2) is 0 Å².